The number of nitrogen functional groups attached to an aromatic ring is 1. The summed E-state index contributed by atoms with van der Waals surface area (Å²) in [6.45, 7) is 4.74. The number of methoxy groups -OCH3 is 1. The standard InChI is InChI=1S/C30H34N6O6S2/c1-30(2,3)42-29(38)33-17-26(37)34-20-9-6-10-22(15-20)44(39,40)36-24(14-18-7-5-8-19(13-18)27(31)32)28-35-23-12-11-21(41-4)16-25(23)43-28/h5-13,15-16,24,36H,14,17H2,1-4H3,(H3,31,32)(H,33,38)(H,34,37). The van der Waals surface area contributed by atoms with Crippen molar-refractivity contribution in [1.82, 2.24) is 15.0 Å². The number of sulfonamides is 1. The summed E-state index contributed by atoms with van der Waals surface area (Å²) in [5, 5.41) is 13.3. The number of carbonyl (C=O) groups is 2. The molecule has 6 N–H and O–H groups in total. The van der Waals surface area contributed by atoms with Crippen LogP contribution in [0.1, 0.15) is 42.9 Å². The van der Waals surface area contributed by atoms with Gasteiger partial charge < -0.3 is 25.8 Å². The summed E-state index contributed by atoms with van der Waals surface area (Å²) in [5.74, 6) is -0.0122. The molecule has 0 bridgehead atoms. The summed E-state index contributed by atoms with van der Waals surface area (Å²) in [6, 6.07) is 17.4. The first-order chi connectivity index (χ1) is 20.7. The fourth-order valence-corrected chi connectivity index (χ4v) is 6.52. The first-order valence-electron chi connectivity index (χ1n) is 13.5. The predicted octanol–water partition coefficient (Wildman–Crippen LogP) is 4.31. The fourth-order valence-electron chi connectivity index (χ4n) is 4.15. The maximum absolute atomic E-state index is 13.7. The molecule has 0 saturated carbocycles. The molecule has 0 spiro atoms. The zero-order valence-electron chi connectivity index (χ0n) is 24.6. The van der Waals surface area contributed by atoms with Gasteiger partial charge >= 0.3 is 6.09 Å². The van der Waals surface area contributed by atoms with E-state index in [0.717, 1.165) is 10.3 Å². The van der Waals surface area contributed by atoms with Gasteiger partial charge in [-0.2, -0.15) is 0 Å². The van der Waals surface area contributed by atoms with Crippen LogP contribution in [-0.2, 0) is 26.0 Å². The number of benzene rings is 3. The number of thiazole rings is 1. The number of anilines is 1. The van der Waals surface area contributed by atoms with Crippen molar-refractivity contribution < 1.29 is 27.5 Å². The van der Waals surface area contributed by atoms with Crippen LogP contribution in [0.5, 0.6) is 5.75 Å². The van der Waals surface area contributed by atoms with Crippen molar-refractivity contribution in [1.29, 1.82) is 5.41 Å². The van der Waals surface area contributed by atoms with Gasteiger partial charge in [-0.1, -0.05) is 24.3 Å². The van der Waals surface area contributed by atoms with Gasteiger partial charge in [-0.05, 0) is 75.2 Å². The molecule has 3 aromatic carbocycles. The van der Waals surface area contributed by atoms with Gasteiger partial charge in [0.05, 0.1) is 28.3 Å². The average molecular weight is 639 g/mol. The molecular formula is C30H34N6O6S2. The van der Waals surface area contributed by atoms with Gasteiger partial charge in [0, 0.05) is 11.3 Å². The van der Waals surface area contributed by atoms with Gasteiger partial charge in [0.2, 0.25) is 15.9 Å². The molecule has 0 radical (unpaired) electrons. The van der Waals surface area contributed by atoms with Crippen molar-refractivity contribution in [2.24, 2.45) is 5.73 Å². The van der Waals surface area contributed by atoms with E-state index in [9.17, 15) is 18.0 Å². The Labute approximate surface area is 259 Å². The molecule has 0 saturated heterocycles. The van der Waals surface area contributed by atoms with Crippen LogP contribution in [0.3, 0.4) is 0 Å². The maximum atomic E-state index is 13.7. The van der Waals surface area contributed by atoms with E-state index in [1.54, 1.807) is 58.2 Å². The van der Waals surface area contributed by atoms with Gasteiger partial charge in [-0.25, -0.2) is 22.9 Å². The van der Waals surface area contributed by atoms with Crippen LogP contribution >= 0.6 is 11.3 Å². The topological polar surface area (TPSA) is 186 Å². The number of nitrogens with two attached hydrogens (primary N) is 1. The number of nitrogens with zero attached hydrogens (tertiary/aromatic N) is 1. The molecule has 232 valence electrons. The second kappa shape index (κ2) is 13.4. The minimum atomic E-state index is -4.12. The van der Waals surface area contributed by atoms with Crippen molar-refractivity contribution >= 4 is 55.1 Å². The minimum Gasteiger partial charge on any atom is -0.497 e. The zero-order chi connectivity index (χ0) is 32.1. The van der Waals surface area contributed by atoms with Gasteiger partial charge in [0.15, 0.2) is 0 Å². The Kier molecular flexibility index (Phi) is 9.87. The van der Waals surface area contributed by atoms with E-state index in [4.69, 9.17) is 25.6 Å². The number of rotatable bonds is 11. The lowest BCUT2D eigenvalue weighted by molar-refractivity contribution is -0.115. The number of aromatic nitrogens is 1. The number of amidine groups is 1. The number of carbonyl (C=O) groups excluding carboxylic acids is 2. The summed E-state index contributed by atoms with van der Waals surface area (Å²) < 4.78 is 41.4. The zero-order valence-corrected chi connectivity index (χ0v) is 26.3. The number of fused-ring (bicyclic) bond motifs is 1. The smallest absolute Gasteiger partial charge is 0.408 e. The van der Waals surface area contributed by atoms with E-state index in [1.165, 1.54) is 35.6 Å². The molecule has 0 aliphatic heterocycles. The summed E-state index contributed by atoms with van der Waals surface area (Å²) in [4.78, 5) is 28.9. The van der Waals surface area contributed by atoms with Crippen molar-refractivity contribution in [3.8, 4) is 5.75 Å². The molecule has 4 rings (SSSR count). The Balaban J connectivity index is 1.57. The highest BCUT2D eigenvalue weighted by Crippen LogP contribution is 2.32. The molecule has 1 heterocycles. The maximum Gasteiger partial charge on any atom is 0.408 e. The molecule has 0 aliphatic rings. The van der Waals surface area contributed by atoms with E-state index in [1.807, 2.05) is 12.1 Å². The van der Waals surface area contributed by atoms with Crippen LogP contribution in [-0.4, -0.2) is 50.5 Å². The van der Waals surface area contributed by atoms with Crippen LogP contribution in [0, 0.1) is 5.41 Å². The van der Waals surface area contributed by atoms with E-state index < -0.39 is 33.7 Å². The number of ether oxygens (including phenoxy) is 2. The monoisotopic (exact) mass is 638 g/mol. The Morgan fingerprint density at radius 3 is 2.52 bits per heavy atom. The highest BCUT2D eigenvalue weighted by Gasteiger charge is 2.26. The Morgan fingerprint density at radius 1 is 1.07 bits per heavy atom. The number of hydrogen-bond donors (Lipinski definition) is 5. The molecule has 2 amide bonds. The van der Waals surface area contributed by atoms with E-state index >= 15 is 0 Å². The average Bonchev–Trinajstić information content (AvgIpc) is 3.38. The highest BCUT2D eigenvalue weighted by atomic mass is 32.2. The third-order valence-electron chi connectivity index (χ3n) is 6.11. The molecule has 12 nitrogen and oxygen atoms in total. The molecule has 1 aromatic heterocycles. The minimum absolute atomic E-state index is 0.0827. The highest BCUT2D eigenvalue weighted by molar-refractivity contribution is 7.89. The first-order valence-corrected chi connectivity index (χ1v) is 15.8. The second-order valence-electron chi connectivity index (χ2n) is 10.8. The number of alkyl carbamates (subject to hydrolysis) is 1. The van der Waals surface area contributed by atoms with Crippen LogP contribution in [0.4, 0.5) is 10.5 Å². The van der Waals surface area contributed by atoms with Crippen molar-refractivity contribution in [2.75, 3.05) is 19.0 Å². The number of nitrogens with one attached hydrogen (secondary N) is 4. The largest absolute Gasteiger partial charge is 0.497 e. The second-order valence-corrected chi connectivity index (χ2v) is 13.6. The van der Waals surface area contributed by atoms with Gasteiger partial charge in [-0.15, -0.1) is 11.3 Å². The summed E-state index contributed by atoms with van der Waals surface area (Å²) in [6.07, 6.45) is -0.522. The van der Waals surface area contributed by atoms with Crippen molar-refractivity contribution in [3.63, 3.8) is 0 Å². The Hall–Kier alpha value is -4.53. The van der Waals surface area contributed by atoms with E-state index in [-0.39, 0.29) is 29.4 Å². The molecule has 0 aliphatic carbocycles. The third-order valence-corrected chi connectivity index (χ3v) is 8.71. The summed E-state index contributed by atoms with van der Waals surface area (Å²) in [7, 11) is -2.56. The van der Waals surface area contributed by atoms with E-state index in [2.05, 4.69) is 15.4 Å². The third kappa shape index (κ3) is 8.75. The quantitative estimate of drug-likeness (QED) is 0.119. The summed E-state index contributed by atoms with van der Waals surface area (Å²) >= 11 is 1.34. The van der Waals surface area contributed by atoms with Crippen molar-refractivity contribution in [3.05, 3.63) is 82.9 Å². The normalized spacial score (nSPS) is 12.4. The predicted molar refractivity (Wildman–Crippen MR) is 170 cm³/mol. The first kappa shape index (κ1) is 32.4. The lowest BCUT2D eigenvalue weighted by atomic mass is 10.0. The van der Waals surface area contributed by atoms with Gasteiger partial charge in [0.25, 0.3) is 0 Å². The van der Waals surface area contributed by atoms with Crippen LogP contribution in [0.2, 0.25) is 0 Å². The number of hydrogen-bond acceptors (Lipinski definition) is 9. The molecule has 1 atom stereocenters. The van der Waals surface area contributed by atoms with Crippen LogP contribution in [0.15, 0.2) is 71.6 Å². The molecule has 14 heteroatoms. The van der Waals surface area contributed by atoms with Gasteiger partial charge in [0.1, 0.15) is 28.7 Å². The van der Waals surface area contributed by atoms with E-state index in [0.29, 0.717) is 21.8 Å². The molecular weight excluding hydrogens is 605 g/mol. The molecule has 1 unspecified atom stereocenters. The number of amides is 2. The van der Waals surface area contributed by atoms with Crippen LogP contribution in [0.25, 0.3) is 10.2 Å². The lowest BCUT2D eigenvalue weighted by Gasteiger charge is -2.19. The lowest BCUT2D eigenvalue weighted by Crippen LogP contribution is -2.37. The molecule has 0 fully saturated rings. The molecule has 4 aromatic rings. The SMILES string of the molecule is COc1ccc2nc(C(Cc3cccc(C(=N)N)c3)NS(=O)(=O)c3cccc(NC(=O)CNC(=O)OC(C)(C)C)c3)sc2c1. The van der Waals surface area contributed by atoms with Crippen LogP contribution < -0.4 is 25.8 Å². The Bertz CT molecular complexity index is 1800. The van der Waals surface area contributed by atoms with Gasteiger partial charge in [-0.3, -0.25) is 10.2 Å². The summed E-state index contributed by atoms with van der Waals surface area (Å²) in [5.41, 5.74) is 7.14. The molecule has 44 heavy (non-hydrogen) atoms. The Morgan fingerprint density at radius 2 is 1.82 bits per heavy atom. The fraction of sp³-hybridized carbons (Fsp3) is 0.267. The van der Waals surface area contributed by atoms with Crippen molar-refractivity contribution in [2.45, 2.75) is 43.7 Å².